The molecule has 2 aromatic carbocycles. The van der Waals surface area contributed by atoms with E-state index in [0.29, 0.717) is 6.04 Å². The van der Waals surface area contributed by atoms with Gasteiger partial charge < -0.3 is 5.32 Å². The predicted octanol–water partition coefficient (Wildman–Crippen LogP) is 3.59. The highest BCUT2D eigenvalue weighted by atomic mass is 15.2. The second-order valence-corrected chi connectivity index (χ2v) is 6.55. The fourth-order valence-corrected chi connectivity index (χ4v) is 3.68. The van der Waals surface area contributed by atoms with Crippen LogP contribution in [-0.4, -0.2) is 31.1 Å². The van der Waals surface area contributed by atoms with Crippen molar-refractivity contribution in [2.24, 2.45) is 5.92 Å². The van der Waals surface area contributed by atoms with Crippen LogP contribution in [0, 0.1) is 5.92 Å². The molecule has 4 rings (SSSR count). The molecule has 1 heterocycles. The molecule has 2 nitrogen and oxygen atoms in total. The van der Waals surface area contributed by atoms with Crippen LogP contribution in [0.2, 0.25) is 0 Å². The van der Waals surface area contributed by atoms with Crippen molar-refractivity contribution >= 4 is 10.8 Å². The number of hydrogen-bond donors (Lipinski definition) is 1. The summed E-state index contributed by atoms with van der Waals surface area (Å²) in [6, 6.07) is 16.3. The summed E-state index contributed by atoms with van der Waals surface area (Å²) in [5, 5.41) is 6.31. The van der Waals surface area contributed by atoms with Gasteiger partial charge in [0.2, 0.25) is 0 Å². The Morgan fingerprint density at radius 3 is 2.57 bits per heavy atom. The molecule has 1 N–H and O–H groups in total. The lowest BCUT2D eigenvalue weighted by Crippen LogP contribution is -2.45. The molecule has 110 valence electrons. The van der Waals surface area contributed by atoms with Crippen molar-refractivity contribution in [1.82, 2.24) is 10.2 Å². The van der Waals surface area contributed by atoms with Gasteiger partial charge in [-0.3, -0.25) is 4.90 Å². The Morgan fingerprint density at radius 1 is 1.00 bits per heavy atom. The predicted molar refractivity (Wildman–Crippen MR) is 88.5 cm³/mol. The minimum Gasteiger partial charge on any atom is -0.314 e. The maximum atomic E-state index is 3.49. The van der Waals surface area contributed by atoms with Crippen LogP contribution in [-0.2, 0) is 0 Å². The molecule has 2 fully saturated rings. The van der Waals surface area contributed by atoms with Gasteiger partial charge in [0.25, 0.3) is 0 Å². The lowest BCUT2D eigenvalue weighted by Gasteiger charge is -2.36. The Bertz CT molecular complexity index is 606. The summed E-state index contributed by atoms with van der Waals surface area (Å²) in [6.07, 6.45) is 4.22. The van der Waals surface area contributed by atoms with Crippen LogP contribution >= 0.6 is 0 Å². The topological polar surface area (TPSA) is 15.3 Å². The van der Waals surface area contributed by atoms with E-state index >= 15 is 0 Å². The molecule has 1 aliphatic carbocycles. The SMILES string of the molecule is c1ccc2c([C@@H](CC3CC3)N3CCNCC3)cccc2c1. The highest BCUT2D eigenvalue weighted by molar-refractivity contribution is 5.86. The number of rotatable bonds is 4. The number of hydrogen-bond acceptors (Lipinski definition) is 2. The Morgan fingerprint density at radius 2 is 1.76 bits per heavy atom. The number of fused-ring (bicyclic) bond motifs is 1. The lowest BCUT2D eigenvalue weighted by molar-refractivity contribution is 0.161. The van der Waals surface area contributed by atoms with Crippen molar-refractivity contribution in [3.05, 3.63) is 48.0 Å². The summed E-state index contributed by atoms with van der Waals surface area (Å²) in [4.78, 5) is 2.70. The van der Waals surface area contributed by atoms with Crippen molar-refractivity contribution in [1.29, 1.82) is 0 Å². The summed E-state index contributed by atoms with van der Waals surface area (Å²) in [6.45, 7) is 4.62. The molecule has 0 radical (unpaired) electrons. The van der Waals surface area contributed by atoms with Gasteiger partial charge in [0, 0.05) is 32.2 Å². The molecule has 0 aromatic heterocycles. The Hall–Kier alpha value is -1.38. The third-order valence-electron chi connectivity index (χ3n) is 5.03. The van der Waals surface area contributed by atoms with E-state index in [1.165, 1.54) is 43.1 Å². The van der Waals surface area contributed by atoms with E-state index in [-0.39, 0.29) is 0 Å². The molecule has 1 aliphatic heterocycles. The number of piperazine rings is 1. The van der Waals surface area contributed by atoms with Gasteiger partial charge in [0.05, 0.1) is 0 Å². The normalized spacial score (nSPS) is 21.5. The molecule has 1 atom stereocenters. The van der Waals surface area contributed by atoms with E-state index in [1.54, 1.807) is 5.56 Å². The second-order valence-electron chi connectivity index (χ2n) is 6.55. The Kier molecular flexibility index (Phi) is 3.66. The van der Waals surface area contributed by atoms with Crippen molar-refractivity contribution in [3.63, 3.8) is 0 Å². The molecular formula is C19H24N2. The van der Waals surface area contributed by atoms with E-state index in [9.17, 15) is 0 Å². The molecule has 1 saturated heterocycles. The zero-order valence-corrected chi connectivity index (χ0v) is 12.6. The molecule has 1 saturated carbocycles. The number of benzene rings is 2. The van der Waals surface area contributed by atoms with Crippen LogP contribution in [0.25, 0.3) is 10.8 Å². The quantitative estimate of drug-likeness (QED) is 0.921. The molecule has 0 bridgehead atoms. The summed E-state index contributed by atoms with van der Waals surface area (Å²) < 4.78 is 0. The van der Waals surface area contributed by atoms with Crippen LogP contribution in [0.15, 0.2) is 42.5 Å². The van der Waals surface area contributed by atoms with Gasteiger partial charge in [0.15, 0.2) is 0 Å². The highest BCUT2D eigenvalue weighted by Gasteiger charge is 2.31. The molecule has 2 aliphatic rings. The first kappa shape index (κ1) is 13.3. The number of nitrogens with one attached hydrogen (secondary N) is 1. The third-order valence-corrected chi connectivity index (χ3v) is 5.03. The minimum atomic E-state index is 0.602. The van der Waals surface area contributed by atoms with Crippen molar-refractivity contribution < 1.29 is 0 Å². The summed E-state index contributed by atoms with van der Waals surface area (Å²) in [5.41, 5.74) is 1.54. The van der Waals surface area contributed by atoms with E-state index in [2.05, 4.69) is 52.7 Å². The van der Waals surface area contributed by atoms with E-state index in [4.69, 9.17) is 0 Å². The fourth-order valence-electron chi connectivity index (χ4n) is 3.68. The third kappa shape index (κ3) is 2.83. The minimum absolute atomic E-state index is 0.602. The fraction of sp³-hybridized carbons (Fsp3) is 0.474. The largest absolute Gasteiger partial charge is 0.314 e. The van der Waals surface area contributed by atoms with Gasteiger partial charge in [-0.2, -0.15) is 0 Å². The van der Waals surface area contributed by atoms with Crippen LogP contribution in [0.4, 0.5) is 0 Å². The van der Waals surface area contributed by atoms with E-state index in [1.807, 2.05) is 0 Å². The average molecular weight is 280 g/mol. The maximum absolute atomic E-state index is 3.49. The Balaban J connectivity index is 1.72. The molecule has 0 amide bonds. The first-order valence-electron chi connectivity index (χ1n) is 8.34. The molecule has 21 heavy (non-hydrogen) atoms. The van der Waals surface area contributed by atoms with Gasteiger partial charge in [-0.25, -0.2) is 0 Å². The van der Waals surface area contributed by atoms with Crippen molar-refractivity contribution in [2.75, 3.05) is 26.2 Å². The molecule has 0 spiro atoms. The zero-order chi connectivity index (χ0) is 14.1. The van der Waals surface area contributed by atoms with Gasteiger partial charge >= 0.3 is 0 Å². The number of nitrogens with zero attached hydrogens (tertiary/aromatic N) is 1. The van der Waals surface area contributed by atoms with Gasteiger partial charge in [-0.1, -0.05) is 55.3 Å². The van der Waals surface area contributed by atoms with Crippen molar-refractivity contribution in [3.8, 4) is 0 Å². The second kappa shape index (κ2) is 5.78. The first-order valence-corrected chi connectivity index (χ1v) is 8.34. The first-order chi connectivity index (χ1) is 10.4. The zero-order valence-electron chi connectivity index (χ0n) is 12.6. The summed E-state index contributed by atoms with van der Waals surface area (Å²) >= 11 is 0. The monoisotopic (exact) mass is 280 g/mol. The van der Waals surface area contributed by atoms with Gasteiger partial charge in [-0.15, -0.1) is 0 Å². The molecule has 2 aromatic rings. The maximum Gasteiger partial charge on any atom is 0.0357 e. The van der Waals surface area contributed by atoms with E-state index < -0.39 is 0 Å². The Labute approximate surface area is 127 Å². The lowest BCUT2D eigenvalue weighted by atomic mass is 9.93. The molecule has 2 heteroatoms. The summed E-state index contributed by atoms with van der Waals surface area (Å²) in [7, 11) is 0. The average Bonchev–Trinajstić information content (AvgIpc) is 3.37. The van der Waals surface area contributed by atoms with Crippen LogP contribution < -0.4 is 5.32 Å². The van der Waals surface area contributed by atoms with Crippen LogP contribution in [0.1, 0.15) is 30.9 Å². The van der Waals surface area contributed by atoms with Crippen LogP contribution in [0.5, 0.6) is 0 Å². The standard InChI is InChI=1S/C19H24N2/c1-2-6-17-16(4-1)5-3-7-18(17)19(14-15-8-9-15)21-12-10-20-11-13-21/h1-7,15,19-20H,8-14H2/t19-/m1/s1. The summed E-state index contributed by atoms with van der Waals surface area (Å²) in [5.74, 6) is 0.962. The van der Waals surface area contributed by atoms with Crippen LogP contribution in [0.3, 0.4) is 0 Å². The highest BCUT2D eigenvalue weighted by Crippen LogP contribution is 2.41. The van der Waals surface area contributed by atoms with Crippen molar-refractivity contribution in [2.45, 2.75) is 25.3 Å². The van der Waals surface area contributed by atoms with Gasteiger partial charge in [0.1, 0.15) is 0 Å². The smallest absolute Gasteiger partial charge is 0.0357 e. The molecule has 0 unspecified atom stereocenters. The molecular weight excluding hydrogens is 256 g/mol. The van der Waals surface area contributed by atoms with Gasteiger partial charge in [-0.05, 0) is 28.7 Å². The van der Waals surface area contributed by atoms with E-state index in [0.717, 1.165) is 19.0 Å².